The Kier molecular flexibility index (Phi) is 1.82. The maximum Gasteiger partial charge on any atom is 0.129 e. The number of aliphatic imine (C=N–C) groups is 1. The number of rotatable bonds is 0. The van der Waals surface area contributed by atoms with Gasteiger partial charge in [0.05, 0.1) is 0 Å². The largest absolute Gasteiger partial charge is 0.366 e. The number of nitrogens with zero attached hydrogens (tertiary/aromatic N) is 1. The van der Waals surface area contributed by atoms with Crippen LogP contribution in [0, 0.1) is 0 Å². The van der Waals surface area contributed by atoms with E-state index in [1.54, 1.807) is 0 Å². The highest BCUT2D eigenvalue weighted by atomic mass is 15.0. The van der Waals surface area contributed by atoms with E-state index in [2.05, 4.69) is 35.5 Å². The quantitative estimate of drug-likeness (QED) is 0.574. The summed E-state index contributed by atoms with van der Waals surface area (Å²) in [7, 11) is 0. The van der Waals surface area contributed by atoms with Gasteiger partial charge in [0.15, 0.2) is 0 Å². The van der Waals surface area contributed by atoms with Gasteiger partial charge >= 0.3 is 0 Å². The lowest BCUT2D eigenvalue weighted by molar-refractivity contribution is 0.846. The molecule has 0 aromatic rings. The van der Waals surface area contributed by atoms with Crippen molar-refractivity contribution >= 4 is 6.21 Å². The van der Waals surface area contributed by atoms with E-state index in [9.17, 15) is 0 Å². The Bertz CT molecular complexity index is 306. The minimum Gasteiger partial charge on any atom is -0.366 e. The van der Waals surface area contributed by atoms with Crippen molar-refractivity contribution in [3.63, 3.8) is 0 Å². The van der Waals surface area contributed by atoms with Crippen molar-refractivity contribution in [2.75, 3.05) is 6.54 Å². The van der Waals surface area contributed by atoms with E-state index in [-0.39, 0.29) is 0 Å². The molecule has 0 aliphatic carbocycles. The van der Waals surface area contributed by atoms with Crippen LogP contribution in [-0.4, -0.2) is 12.8 Å². The van der Waals surface area contributed by atoms with Crippen molar-refractivity contribution in [3.05, 3.63) is 35.2 Å². The van der Waals surface area contributed by atoms with Crippen LogP contribution in [0.2, 0.25) is 0 Å². The summed E-state index contributed by atoms with van der Waals surface area (Å²) in [4.78, 5) is 4.31. The first-order chi connectivity index (χ1) is 5.86. The predicted molar refractivity (Wildman–Crippen MR) is 51.0 cm³/mol. The van der Waals surface area contributed by atoms with Crippen LogP contribution in [-0.2, 0) is 0 Å². The van der Waals surface area contributed by atoms with Gasteiger partial charge in [-0.1, -0.05) is 17.7 Å². The molecule has 0 fully saturated rings. The second-order valence-electron chi connectivity index (χ2n) is 3.13. The molecule has 2 nitrogen and oxygen atoms in total. The number of allylic oxidation sites excluding steroid dienone is 4. The van der Waals surface area contributed by atoms with Crippen molar-refractivity contribution in [1.29, 1.82) is 0 Å². The fraction of sp³-hybridized carbons (Fsp3) is 0.300. The first kappa shape index (κ1) is 7.35. The fourth-order valence-corrected chi connectivity index (χ4v) is 1.42. The first-order valence-electron chi connectivity index (χ1n) is 4.19. The normalized spacial score (nSPS) is 21.2. The number of dihydropyridines is 1. The van der Waals surface area contributed by atoms with E-state index in [0.29, 0.717) is 0 Å². The van der Waals surface area contributed by atoms with Crippen LogP contribution in [0.1, 0.15) is 13.3 Å². The molecule has 0 radical (unpaired) electrons. The molecule has 2 heteroatoms. The Balaban J connectivity index is 2.34. The van der Waals surface area contributed by atoms with Crippen LogP contribution < -0.4 is 5.32 Å². The summed E-state index contributed by atoms with van der Waals surface area (Å²) in [6.45, 7) is 3.03. The lowest BCUT2D eigenvalue weighted by atomic mass is 10.1. The Morgan fingerprint density at radius 3 is 3.33 bits per heavy atom. The predicted octanol–water partition coefficient (Wildman–Crippen LogP) is 1.78. The molecule has 0 saturated heterocycles. The van der Waals surface area contributed by atoms with Gasteiger partial charge in [0.2, 0.25) is 0 Å². The Hall–Kier alpha value is -1.31. The third-order valence-corrected chi connectivity index (χ3v) is 2.04. The van der Waals surface area contributed by atoms with E-state index < -0.39 is 0 Å². The van der Waals surface area contributed by atoms with Gasteiger partial charge < -0.3 is 5.32 Å². The molecule has 0 amide bonds. The minimum atomic E-state index is 0.898. The molecule has 0 bridgehead atoms. The molecule has 2 aliphatic heterocycles. The zero-order chi connectivity index (χ0) is 8.39. The van der Waals surface area contributed by atoms with Crippen LogP contribution in [0.4, 0.5) is 0 Å². The minimum absolute atomic E-state index is 0.898. The number of hydrogen-bond donors (Lipinski definition) is 1. The molecule has 0 saturated carbocycles. The fourth-order valence-electron chi connectivity index (χ4n) is 1.42. The molecule has 2 rings (SSSR count). The van der Waals surface area contributed by atoms with Gasteiger partial charge in [-0.05, 0) is 25.0 Å². The molecule has 2 heterocycles. The summed E-state index contributed by atoms with van der Waals surface area (Å²) in [5, 5.41) is 3.24. The molecular formula is C10H12N2. The van der Waals surface area contributed by atoms with E-state index in [0.717, 1.165) is 18.8 Å². The molecule has 2 aliphatic rings. The summed E-state index contributed by atoms with van der Waals surface area (Å²) in [5.41, 5.74) is 2.65. The summed E-state index contributed by atoms with van der Waals surface area (Å²) in [6.07, 6.45) is 9.23. The van der Waals surface area contributed by atoms with Crippen molar-refractivity contribution in [3.8, 4) is 0 Å². The van der Waals surface area contributed by atoms with Gasteiger partial charge in [-0.3, -0.25) is 0 Å². The van der Waals surface area contributed by atoms with E-state index in [4.69, 9.17) is 0 Å². The summed E-state index contributed by atoms with van der Waals surface area (Å²) in [5.74, 6) is 1.03. The van der Waals surface area contributed by atoms with Gasteiger partial charge in [-0.15, -0.1) is 0 Å². The summed E-state index contributed by atoms with van der Waals surface area (Å²) in [6, 6.07) is 0. The monoisotopic (exact) mass is 160 g/mol. The standard InChI is InChI=1S/C10H12N2/c1-8-4-6-12-10-9(7-8)3-2-5-11-10/h2-4,6,11H,5,7H2,1H3. The maximum atomic E-state index is 4.31. The average Bonchev–Trinajstić information content (AvgIpc) is 2.25. The smallest absolute Gasteiger partial charge is 0.129 e. The van der Waals surface area contributed by atoms with E-state index >= 15 is 0 Å². The van der Waals surface area contributed by atoms with Crippen LogP contribution in [0.3, 0.4) is 0 Å². The van der Waals surface area contributed by atoms with Crippen molar-refractivity contribution < 1.29 is 0 Å². The summed E-state index contributed by atoms with van der Waals surface area (Å²) >= 11 is 0. The van der Waals surface area contributed by atoms with Crippen molar-refractivity contribution in [2.45, 2.75) is 13.3 Å². The van der Waals surface area contributed by atoms with Gasteiger partial charge in [0.1, 0.15) is 5.82 Å². The molecule has 0 unspecified atom stereocenters. The second kappa shape index (κ2) is 2.97. The van der Waals surface area contributed by atoms with Crippen LogP contribution in [0.15, 0.2) is 40.2 Å². The molecule has 0 spiro atoms. The van der Waals surface area contributed by atoms with Crippen LogP contribution in [0.25, 0.3) is 0 Å². The lowest BCUT2D eigenvalue weighted by Gasteiger charge is -2.12. The number of nitrogens with one attached hydrogen (secondary N) is 1. The van der Waals surface area contributed by atoms with E-state index in [1.807, 2.05) is 6.21 Å². The second-order valence-corrected chi connectivity index (χ2v) is 3.13. The molecular weight excluding hydrogens is 148 g/mol. The Morgan fingerprint density at radius 1 is 1.50 bits per heavy atom. The average molecular weight is 160 g/mol. The van der Waals surface area contributed by atoms with Gasteiger partial charge in [-0.2, -0.15) is 0 Å². The lowest BCUT2D eigenvalue weighted by Crippen LogP contribution is -2.16. The van der Waals surface area contributed by atoms with Gasteiger partial charge in [0, 0.05) is 12.8 Å². The number of hydrogen-bond acceptors (Lipinski definition) is 2. The highest BCUT2D eigenvalue weighted by Gasteiger charge is 2.08. The maximum absolute atomic E-state index is 4.31. The highest BCUT2D eigenvalue weighted by molar-refractivity contribution is 5.74. The topological polar surface area (TPSA) is 24.4 Å². The SMILES string of the molecule is CC1=CC=NC2=C(C=CCN2)C1. The highest BCUT2D eigenvalue weighted by Crippen LogP contribution is 2.19. The van der Waals surface area contributed by atoms with Crippen molar-refractivity contribution in [2.24, 2.45) is 4.99 Å². The Morgan fingerprint density at radius 2 is 2.42 bits per heavy atom. The zero-order valence-corrected chi connectivity index (χ0v) is 7.17. The van der Waals surface area contributed by atoms with Crippen LogP contribution in [0.5, 0.6) is 0 Å². The molecule has 0 aromatic carbocycles. The van der Waals surface area contributed by atoms with Crippen LogP contribution >= 0.6 is 0 Å². The van der Waals surface area contributed by atoms with Gasteiger partial charge in [-0.25, -0.2) is 4.99 Å². The first-order valence-corrected chi connectivity index (χ1v) is 4.19. The summed E-state index contributed by atoms with van der Waals surface area (Å²) < 4.78 is 0. The zero-order valence-electron chi connectivity index (χ0n) is 7.17. The Labute approximate surface area is 72.4 Å². The third kappa shape index (κ3) is 1.33. The molecule has 0 atom stereocenters. The third-order valence-electron chi connectivity index (χ3n) is 2.04. The molecule has 62 valence electrons. The molecule has 1 N–H and O–H groups in total. The molecule has 12 heavy (non-hydrogen) atoms. The van der Waals surface area contributed by atoms with Gasteiger partial charge in [0.25, 0.3) is 0 Å². The van der Waals surface area contributed by atoms with Crippen molar-refractivity contribution in [1.82, 2.24) is 5.32 Å². The molecule has 0 aromatic heterocycles. The van der Waals surface area contributed by atoms with E-state index in [1.165, 1.54) is 11.1 Å².